The van der Waals surface area contributed by atoms with Crippen molar-refractivity contribution in [2.24, 2.45) is 5.92 Å². The third-order valence-corrected chi connectivity index (χ3v) is 7.23. The number of carbonyl (C=O) groups excluding carboxylic acids is 1. The van der Waals surface area contributed by atoms with Crippen LogP contribution in [0.3, 0.4) is 0 Å². The second-order valence-electron chi connectivity index (χ2n) is 8.63. The molecule has 0 radical (unpaired) electrons. The fourth-order valence-electron chi connectivity index (χ4n) is 4.13. The number of piperidine rings is 1. The Morgan fingerprint density at radius 3 is 2.81 bits per heavy atom. The Labute approximate surface area is 186 Å². The largest absolute Gasteiger partial charge is 0.361 e. The highest BCUT2D eigenvalue weighted by Gasteiger charge is 2.27. The maximum absolute atomic E-state index is 13.2. The van der Waals surface area contributed by atoms with Crippen molar-refractivity contribution in [2.45, 2.75) is 44.7 Å². The first-order valence-electron chi connectivity index (χ1n) is 11.0. The molecule has 1 amide bonds. The van der Waals surface area contributed by atoms with Gasteiger partial charge < -0.3 is 9.80 Å². The lowest BCUT2D eigenvalue weighted by Crippen LogP contribution is -2.35. The molecule has 1 aliphatic carbocycles. The topological polar surface area (TPSA) is 78.1 Å². The zero-order valence-electron chi connectivity index (χ0n) is 17.7. The number of nitriles is 1. The van der Waals surface area contributed by atoms with Gasteiger partial charge in [-0.15, -0.1) is 11.3 Å². The summed E-state index contributed by atoms with van der Waals surface area (Å²) in [7, 11) is 1.89. The van der Waals surface area contributed by atoms with E-state index in [-0.39, 0.29) is 11.9 Å². The number of nitrogens with zero attached hydrogens (tertiary/aromatic N) is 6. The number of likely N-dealkylation sites (tertiary alicyclic amines) is 1. The van der Waals surface area contributed by atoms with Crippen molar-refractivity contribution in [1.29, 1.82) is 5.26 Å². The Hall–Kier alpha value is -2.92. The Morgan fingerprint density at radius 1 is 1.29 bits per heavy atom. The van der Waals surface area contributed by atoms with Crippen LogP contribution in [0.25, 0.3) is 16.0 Å². The van der Waals surface area contributed by atoms with Gasteiger partial charge in [0.25, 0.3) is 5.91 Å². The minimum atomic E-state index is -0.290. The second-order valence-corrected chi connectivity index (χ2v) is 9.63. The molecule has 2 fully saturated rings. The van der Waals surface area contributed by atoms with E-state index in [1.807, 2.05) is 46.1 Å². The van der Waals surface area contributed by atoms with E-state index < -0.39 is 0 Å². The van der Waals surface area contributed by atoms with E-state index >= 15 is 0 Å². The van der Waals surface area contributed by atoms with Crippen LogP contribution in [0.5, 0.6) is 0 Å². The fourth-order valence-corrected chi connectivity index (χ4v) is 5.16. The Kier molecular flexibility index (Phi) is 5.36. The molecule has 2 aromatic heterocycles. The van der Waals surface area contributed by atoms with Gasteiger partial charge in [-0.1, -0.05) is 6.08 Å². The zero-order chi connectivity index (χ0) is 21.4. The van der Waals surface area contributed by atoms with Crippen LogP contribution in [0.4, 0.5) is 0 Å². The second kappa shape index (κ2) is 8.31. The predicted molar refractivity (Wildman–Crippen MR) is 120 cm³/mol. The number of hydrogen-bond acceptors (Lipinski definition) is 6. The lowest BCUT2D eigenvalue weighted by molar-refractivity contribution is 0.0724. The molecular weight excluding hydrogens is 408 g/mol. The van der Waals surface area contributed by atoms with E-state index in [4.69, 9.17) is 4.98 Å². The van der Waals surface area contributed by atoms with Gasteiger partial charge in [-0.05, 0) is 44.1 Å². The summed E-state index contributed by atoms with van der Waals surface area (Å²) < 4.78 is 2.01. The lowest BCUT2D eigenvalue weighted by atomic mass is 10.1. The van der Waals surface area contributed by atoms with Gasteiger partial charge in [-0.3, -0.25) is 9.48 Å². The SMILES string of the molecule is CN1C=C(c2nc(C(=O)N3CCCCC3)sc2-c2cnn(CC3CC3)c2)C=CC1C#N. The van der Waals surface area contributed by atoms with Crippen LogP contribution in [-0.2, 0) is 6.54 Å². The van der Waals surface area contributed by atoms with Crippen molar-refractivity contribution in [3.63, 3.8) is 0 Å². The summed E-state index contributed by atoms with van der Waals surface area (Å²) in [5.41, 5.74) is 2.69. The maximum atomic E-state index is 13.2. The fraction of sp³-hybridized carbons (Fsp3) is 0.478. The summed E-state index contributed by atoms with van der Waals surface area (Å²) in [5, 5.41) is 14.4. The molecule has 4 heterocycles. The molecule has 0 aromatic carbocycles. The lowest BCUT2D eigenvalue weighted by Gasteiger charge is -2.25. The van der Waals surface area contributed by atoms with Crippen molar-refractivity contribution in [3.8, 4) is 16.5 Å². The van der Waals surface area contributed by atoms with Crippen LogP contribution in [0.1, 0.15) is 47.6 Å². The number of carbonyl (C=O) groups is 1. The van der Waals surface area contributed by atoms with Gasteiger partial charge in [0.2, 0.25) is 0 Å². The molecule has 160 valence electrons. The van der Waals surface area contributed by atoms with Gasteiger partial charge in [0.1, 0.15) is 6.04 Å². The highest BCUT2D eigenvalue weighted by atomic mass is 32.1. The summed E-state index contributed by atoms with van der Waals surface area (Å²) in [6.07, 6.45) is 15.6. The maximum Gasteiger partial charge on any atom is 0.282 e. The molecule has 5 rings (SSSR count). The summed E-state index contributed by atoms with van der Waals surface area (Å²) >= 11 is 1.45. The molecule has 1 atom stereocenters. The number of amides is 1. The van der Waals surface area contributed by atoms with Gasteiger partial charge >= 0.3 is 0 Å². The van der Waals surface area contributed by atoms with Crippen molar-refractivity contribution >= 4 is 22.8 Å². The molecule has 8 heteroatoms. The first kappa shape index (κ1) is 20.0. The Morgan fingerprint density at radius 2 is 2.10 bits per heavy atom. The van der Waals surface area contributed by atoms with E-state index in [9.17, 15) is 10.1 Å². The molecule has 2 aromatic rings. The van der Waals surface area contributed by atoms with Crippen LogP contribution in [0.15, 0.2) is 30.7 Å². The van der Waals surface area contributed by atoms with Crippen LogP contribution in [-0.4, -0.2) is 56.7 Å². The zero-order valence-corrected chi connectivity index (χ0v) is 18.5. The number of allylic oxidation sites excluding steroid dienone is 2. The molecule has 0 spiro atoms. The highest BCUT2D eigenvalue weighted by molar-refractivity contribution is 7.17. The summed E-state index contributed by atoms with van der Waals surface area (Å²) in [6, 6.07) is 1.98. The van der Waals surface area contributed by atoms with E-state index in [0.717, 1.165) is 60.1 Å². The first-order chi connectivity index (χ1) is 15.1. The normalized spacial score (nSPS) is 21.2. The minimum Gasteiger partial charge on any atom is -0.361 e. The molecule has 31 heavy (non-hydrogen) atoms. The van der Waals surface area contributed by atoms with Crippen molar-refractivity contribution in [3.05, 3.63) is 41.4 Å². The van der Waals surface area contributed by atoms with Gasteiger partial charge in [0.05, 0.1) is 22.8 Å². The molecule has 0 N–H and O–H groups in total. The van der Waals surface area contributed by atoms with E-state index in [2.05, 4.69) is 17.4 Å². The Balaban J connectivity index is 1.51. The van der Waals surface area contributed by atoms with E-state index in [1.165, 1.54) is 30.6 Å². The van der Waals surface area contributed by atoms with Crippen molar-refractivity contribution in [2.75, 3.05) is 20.1 Å². The third-order valence-electron chi connectivity index (χ3n) is 6.14. The van der Waals surface area contributed by atoms with Gasteiger partial charge in [0.15, 0.2) is 5.01 Å². The molecular formula is C23H26N6OS. The number of thiazole rings is 1. The summed E-state index contributed by atoms with van der Waals surface area (Å²) in [6.45, 7) is 2.55. The number of rotatable bonds is 5. The Bertz CT molecular complexity index is 1080. The quantitative estimate of drug-likeness (QED) is 0.716. The van der Waals surface area contributed by atoms with Crippen LogP contribution >= 0.6 is 11.3 Å². The van der Waals surface area contributed by atoms with E-state index in [0.29, 0.717) is 5.01 Å². The third kappa shape index (κ3) is 4.15. The van der Waals surface area contributed by atoms with Crippen LogP contribution in [0.2, 0.25) is 0 Å². The van der Waals surface area contributed by atoms with Gasteiger partial charge in [-0.2, -0.15) is 10.4 Å². The van der Waals surface area contributed by atoms with Crippen LogP contribution < -0.4 is 0 Å². The molecule has 7 nitrogen and oxygen atoms in total. The average Bonchev–Trinajstić information content (AvgIpc) is 3.30. The molecule has 1 saturated heterocycles. The summed E-state index contributed by atoms with van der Waals surface area (Å²) in [4.78, 5) is 22.7. The monoisotopic (exact) mass is 434 g/mol. The van der Waals surface area contributed by atoms with Gasteiger partial charge in [-0.25, -0.2) is 4.98 Å². The first-order valence-corrected chi connectivity index (χ1v) is 11.8. The standard InChI is InChI=1S/C23H26N6OS/c1-27-14-17(7-8-19(27)11-24)20-21(18-12-25-29(15-18)13-16-5-6-16)31-22(26-20)23(30)28-9-3-2-4-10-28/h7-8,12,14-16,19H,2-6,9-10,13H2,1H3. The summed E-state index contributed by atoms with van der Waals surface area (Å²) in [5.74, 6) is 0.761. The van der Waals surface area contributed by atoms with Gasteiger partial charge in [0, 0.05) is 50.2 Å². The molecule has 3 aliphatic rings. The van der Waals surface area contributed by atoms with Crippen LogP contribution in [0, 0.1) is 17.2 Å². The minimum absolute atomic E-state index is 0.0196. The smallest absolute Gasteiger partial charge is 0.282 e. The molecule has 1 saturated carbocycles. The molecule has 2 aliphatic heterocycles. The number of hydrogen-bond donors (Lipinski definition) is 0. The van der Waals surface area contributed by atoms with Crippen molar-refractivity contribution < 1.29 is 4.79 Å². The highest BCUT2D eigenvalue weighted by Crippen LogP contribution is 2.37. The molecule has 0 bridgehead atoms. The molecule has 1 unspecified atom stereocenters. The van der Waals surface area contributed by atoms with E-state index in [1.54, 1.807) is 0 Å². The number of likely N-dealkylation sites (N-methyl/N-ethyl adjacent to an activating group) is 1. The average molecular weight is 435 g/mol. The van der Waals surface area contributed by atoms with Crippen molar-refractivity contribution in [1.82, 2.24) is 24.6 Å². The number of aromatic nitrogens is 3. The predicted octanol–water partition coefficient (Wildman–Crippen LogP) is 3.78.